The zero-order valence-electron chi connectivity index (χ0n) is 12.5. The molecule has 3 rings (SSSR count). The van der Waals surface area contributed by atoms with Gasteiger partial charge in [-0.2, -0.15) is 4.31 Å². The lowest BCUT2D eigenvalue weighted by molar-refractivity contribution is 0.382. The van der Waals surface area contributed by atoms with Crippen molar-refractivity contribution in [2.45, 2.75) is 44.0 Å². The van der Waals surface area contributed by atoms with Crippen LogP contribution in [0.1, 0.15) is 37.5 Å². The SMILES string of the molecule is CCNCc1sccc1S(=O)(=O)N(CC1CC1)CC1CC1. The van der Waals surface area contributed by atoms with Gasteiger partial charge in [-0.05, 0) is 55.5 Å². The van der Waals surface area contributed by atoms with Crippen molar-refractivity contribution in [2.75, 3.05) is 19.6 Å². The molecule has 4 nitrogen and oxygen atoms in total. The van der Waals surface area contributed by atoms with E-state index in [9.17, 15) is 8.42 Å². The van der Waals surface area contributed by atoms with Gasteiger partial charge in [0.25, 0.3) is 0 Å². The quantitative estimate of drug-likeness (QED) is 0.758. The second kappa shape index (κ2) is 6.36. The topological polar surface area (TPSA) is 49.4 Å². The molecule has 118 valence electrons. The van der Waals surface area contributed by atoms with Crippen molar-refractivity contribution in [1.29, 1.82) is 0 Å². The van der Waals surface area contributed by atoms with E-state index in [4.69, 9.17) is 0 Å². The van der Waals surface area contributed by atoms with Crippen LogP contribution in [0.2, 0.25) is 0 Å². The molecule has 1 heterocycles. The first kappa shape index (κ1) is 15.5. The number of nitrogens with one attached hydrogen (secondary N) is 1. The summed E-state index contributed by atoms with van der Waals surface area (Å²) in [5.41, 5.74) is 0. The highest BCUT2D eigenvalue weighted by atomic mass is 32.2. The summed E-state index contributed by atoms with van der Waals surface area (Å²) in [6, 6.07) is 1.78. The molecule has 2 aliphatic carbocycles. The standard InChI is InChI=1S/C15H24N2O2S2/c1-2-16-9-14-15(7-8-20-14)21(18,19)17(10-12-3-4-12)11-13-5-6-13/h7-8,12-13,16H,2-6,9-11H2,1H3. The summed E-state index contributed by atoms with van der Waals surface area (Å²) in [5, 5.41) is 5.13. The van der Waals surface area contributed by atoms with Crippen LogP contribution in [0.15, 0.2) is 16.3 Å². The highest BCUT2D eigenvalue weighted by Gasteiger charge is 2.36. The van der Waals surface area contributed by atoms with Gasteiger partial charge in [0.2, 0.25) is 10.0 Å². The predicted molar refractivity (Wildman–Crippen MR) is 85.9 cm³/mol. The largest absolute Gasteiger partial charge is 0.312 e. The molecule has 1 aromatic heterocycles. The van der Waals surface area contributed by atoms with E-state index in [0.717, 1.165) is 24.5 Å². The Kier molecular flexibility index (Phi) is 4.69. The second-order valence-electron chi connectivity index (χ2n) is 6.20. The molecule has 1 aromatic rings. The Hall–Kier alpha value is -0.430. The number of sulfonamides is 1. The van der Waals surface area contributed by atoms with E-state index in [-0.39, 0.29) is 0 Å². The molecule has 0 amide bonds. The van der Waals surface area contributed by atoms with Crippen molar-refractivity contribution in [3.8, 4) is 0 Å². The van der Waals surface area contributed by atoms with Gasteiger partial charge in [-0.1, -0.05) is 6.92 Å². The van der Waals surface area contributed by atoms with Crippen molar-refractivity contribution in [1.82, 2.24) is 9.62 Å². The van der Waals surface area contributed by atoms with Crippen LogP contribution in [0.5, 0.6) is 0 Å². The van der Waals surface area contributed by atoms with Gasteiger partial charge in [-0.3, -0.25) is 0 Å². The summed E-state index contributed by atoms with van der Waals surface area (Å²) in [6.07, 6.45) is 4.74. The molecule has 1 N–H and O–H groups in total. The van der Waals surface area contributed by atoms with Crippen LogP contribution < -0.4 is 5.32 Å². The van der Waals surface area contributed by atoms with Crippen LogP contribution in [0.3, 0.4) is 0 Å². The highest BCUT2D eigenvalue weighted by molar-refractivity contribution is 7.89. The summed E-state index contributed by atoms with van der Waals surface area (Å²) in [6.45, 7) is 4.97. The minimum Gasteiger partial charge on any atom is -0.312 e. The van der Waals surface area contributed by atoms with E-state index in [1.54, 1.807) is 10.4 Å². The lowest BCUT2D eigenvalue weighted by Crippen LogP contribution is -2.35. The molecule has 0 saturated heterocycles. The summed E-state index contributed by atoms with van der Waals surface area (Å²) in [7, 11) is -3.33. The van der Waals surface area contributed by atoms with E-state index < -0.39 is 10.0 Å². The summed E-state index contributed by atoms with van der Waals surface area (Å²) >= 11 is 1.53. The molecule has 0 atom stereocenters. The summed E-state index contributed by atoms with van der Waals surface area (Å²) in [4.78, 5) is 1.46. The van der Waals surface area contributed by atoms with Crippen molar-refractivity contribution in [3.63, 3.8) is 0 Å². The second-order valence-corrected chi connectivity index (χ2v) is 9.10. The summed E-state index contributed by atoms with van der Waals surface area (Å²) < 4.78 is 27.8. The van der Waals surface area contributed by atoms with Crippen molar-refractivity contribution in [2.24, 2.45) is 11.8 Å². The lowest BCUT2D eigenvalue weighted by Gasteiger charge is -2.22. The molecule has 6 heteroatoms. The van der Waals surface area contributed by atoms with E-state index >= 15 is 0 Å². The smallest absolute Gasteiger partial charge is 0.244 e. The Labute approximate surface area is 131 Å². The van der Waals surface area contributed by atoms with Gasteiger partial charge in [-0.15, -0.1) is 11.3 Å². The van der Waals surface area contributed by atoms with Crippen LogP contribution in [-0.2, 0) is 16.6 Å². The fraction of sp³-hybridized carbons (Fsp3) is 0.733. The van der Waals surface area contributed by atoms with Crippen LogP contribution in [0.25, 0.3) is 0 Å². The average molecular weight is 329 g/mol. The Morgan fingerprint density at radius 3 is 2.38 bits per heavy atom. The van der Waals surface area contributed by atoms with Gasteiger partial charge in [0.15, 0.2) is 0 Å². The minimum absolute atomic E-state index is 0.523. The number of nitrogens with zero attached hydrogens (tertiary/aromatic N) is 1. The summed E-state index contributed by atoms with van der Waals surface area (Å²) in [5.74, 6) is 1.18. The minimum atomic E-state index is -3.33. The lowest BCUT2D eigenvalue weighted by atomic mass is 10.4. The van der Waals surface area contributed by atoms with E-state index in [0.29, 0.717) is 23.3 Å². The van der Waals surface area contributed by atoms with Crippen LogP contribution in [0.4, 0.5) is 0 Å². The van der Waals surface area contributed by atoms with Crippen molar-refractivity contribution >= 4 is 21.4 Å². The molecular weight excluding hydrogens is 304 g/mol. The van der Waals surface area contributed by atoms with Crippen molar-refractivity contribution in [3.05, 3.63) is 16.3 Å². The third kappa shape index (κ3) is 3.86. The molecule has 0 spiro atoms. The zero-order valence-corrected chi connectivity index (χ0v) is 14.2. The first-order valence-electron chi connectivity index (χ1n) is 7.88. The third-order valence-corrected chi connectivity index (χ3v) is 7.14. The number of hydrogen-bond donors (Lipinski definition) is 1. The van der Waals surface area contributed by atoms with Crippen molar-refractivity contribution < 1.29 is 8.42 Å². The monoisotopic (exact) mass is 328 g/mol. The van der Waals surface area contributed by atoms with Crippen LogP contribution in [0, 0.1) is 11.8 Å². The molecule has 0 aromatic carbocycles. The molecule has 21 heavy (non-hydrogen) atoms. The maximum atomic E-state index is 13.0. The van der Waals surface area contributed by atoms with E-state index in [1.807, 2.05) is 12.3 Å². The maximum Gasteiger partial charge on any atom is 0.244 e. The first-order chi connectivity index (χ1) is 10.1. The van der Waals surface area contributed by atoms with Crippen LogP contribution >= 0.6 is 11.3 Å². The first-order valence-corrected chi connectivity index (χ1v) is 10.2. The molecule has 2 saturated carbocycles. The Balaban J connectivity index is 1.79. The Morgan fingerprint density at radius 2 is 1.86 bits per heavy atom. The van der Waals surface area contributed by atoms with Gasteiger partial charge >= 0.3 is 0 Å². The third-order valence-electron chi connectivity index (χ3n) is 4.18. The van der Waals surface area contributed by atoms with Gasteiger partial charge in [0.05, 0.1) is 4.90 Å². The fourth-order valence-corrected chi connectivity index (χ4v) is 5.49. The van der Waals surface area contributed by atoms with Gasteiger partial charge in [0, 0.05) is 24.5 Å². The predicted octanol–water partition coefficient (Wildman–Crippen LogP) is 2.67. The van der Waals surface area contributed by atoms with Gasteiger partial charge in [-0.25, -0.2) is 8.42 Å². The fourth-order valence-electron chi connectivity index (χ4n) is 2.51. The molecule has 0 unspecified atom stereocenters. The van der Waals surface area contributed by atoms with Crippen LogP contribution in [-0.4, -0.2) is 32.4 Å². The molecule has 2 fully saturated rings. The molecule has 2 aliphatic rings. The normalized spacial score (nSPS) is 19.3. The molecular formula is C15H24N2O2S2. The zero-order chi connectivity index (χ0) is 14.9. The highest BCUT2D eigenvalue weighted by Crippen LogP contribution is 2.37. The number of thiophene rings is 1. The Bertz CT molecular complexity index is 560. The molecule has 0 radical (unpaired) electrons. The number of hydrogen-bond acceptors (Lipinski definition) is 4. The van der Waals surface area contributed by atoms with E-state index in [1.165, 1.54) is 37.0 Å². The molecule has 0 bridgehead atoms. The Morgan fingerprint density at radius 1 is 1.24 bits per heavy atom. The van der Waals surface area contributed by atoms with E-state index in [2.05, 4.69) is 5.32 Å². The maximum absolute atomic E-state index is 13.0. The van der Waals surface area contributed by atoms with Gasteiger partial charge < -0.3 is 5.32 Å². The molecule has 0 aliphatic heterocycles. The average Bonchev–Trinajstić information content (AvgIpc) is 3.37. The number of rotatable bonds is 9. The van der Waals surface area contributed by atoms with Gasteiger partial charge in [0.1, 0.15) is 0 Å².